The molecule has 2 rings (SSSR count). The molecule has 0 aliphatic carbocycles. The van der Waals surface area contributed by atoms with Crippen LogP contribution in [0.4, 0.5) is 5.69 Å². The minimum Gasteiger partial charge on any atom is -0.495 e. The van der Waals surface area contributed by atoms with Crippen molar-refractivity contribution in [2.75, 3.05) is 19.5 Å². The quantitative estimate of drug-likeness (QED) is 0.809. The van der Waals surface area contributed by atoms with Gasteiger partial charge < -0.3 is 20.1 Å². The van der Waals surface area contributed by atoms with Gasteiger partial charge in [-0.2, -0.15) is 0 Å². The Morgan fingerprint density at radius 1 is 1.15 bits per heavy atom. The molecule has 0 radical (unpaired) electrons. The summed E-state index contributed by atoms with van der Waals surface area (Å²) in [6.45, 7) is 3.49. The average Bonchev–Trinajstić information content (AvgIpc) is 2.63. The van der Waals surface area contributed by atoms with Crippen LogP contribution in [0.25, 0.3) is 0 Å². The van der Waals surface area contributed by atoms with E-state index in [1.54, 1.807) is 43.3 Å². The molecule has 0 saturated carbocycles. The van der Waals surface area contributed by atoms with Crippen molar-refractivity contribution in [2.45, 2.75) is 20.0 Å². The Balaban J connectivity index is 2.14. The van der Waals surface area contributed by atoms with Crippen molar-refractivity contribution >= 4 is 29.1 Å². The van der Waals surface area contributed by atoms with Crippen LogP contribution in [-0.2, 0) is 4.79 Å². The van der Waals surface area contributed by atoms with Crippen molar-refractivity contribution < 1.29 is 19.1 Å². The molecule has 26 heavy (non-hydrogen) atoms. The molecule has 1 atom stereocenters. The van der Waals surface area contributed by atoms with Crippen LogP contribution in [0.1, 0.15) is 22.8 Å². The fraction of sp³-hybridized carbons (Fsp3) is 0.263. The normalized spacial score (nSPS) is 11.4. The molecule has 1 unspecified atom stereocenters. The van der Waals surface area contributed by atoms with Gasteiger partial charge in [0.15, 0.2) is 6.10 Å². The Morgan fingerprint density at radius 3 is 2.50 bits per heavy atom. The van der Waals surface area contributed by atoms with Crippen LogP contribution >= 0.6 is 11.6 Å². The number of rotatable bonds is 6. The summed E-state index contributed by atoms with van der Waals surface area (Å²) in [5, 5.41) is 5.90. The summed E-state index contributed by atoms with van der Waals surface area (Å²) in [5.74, 6) is 0.357. The van der Waals surface area contributed by atoms with Crippen LogP contribution in [-0.4, -0.2) is 32.1 Å². The summed E-state index contributed by atoms with van der Waals surface area (Å²) in [7, 11) is 3.02. The van der Waals surface area contributed by atoms with Crippen LogP contribution in [0.5, 0.6) is 11.5 Å². The monoisotopic (exact) mass is 376 g/mol. The lowest BCUT2D eigenvalue weighted by Crippen LogP contribution is -2.30. The standard InChI is InChI=1S/C19H21ClN2O4/c1-11-9-14(6-7-15(11)20)26-12(2)18(23)22-16-10-13(19(24)21-3)5-8-17(16)25-4/h5-10,12H,1-4H3,(H,21,24)(H,22,23). The SMILES string of the molecule is CNC(=O)c1ccc(OC)c(NC(=O)C(C)Oc2ccc(Cl)c(C)c2)c1. The molecule has 0 heterocycles. The zero-order valence-corrected chi connectivity index (χ0v) is 15.8. The maximum absolute atomic E-state index is 12.5. The lowest BCUT2D eigenvalue weighted by Gasteiger charge is -2.17. The van der Waals surface area contributed by atoms with E-state index >= 15 is 0 Å². The van der Waals surface area contributed by atoms with Crippen molar-refractivity contribution in [3.05, 3.63) is 52.5 Å². The fourth-order valence-electron chi connectivity index (χ4n) is 2.27. The number of nitrogens with one attached hydrogen (secondary N) is 2. The van der Waals surface area contributed by atoms with E-state index in [2.05, 4.69) is 10.6 Å². The van der Waals surface area contributed by atoms with Gasteiger partial charge in [0.25, 0.3) is 11.8 Å². The number of ether oxygens (including phenoxy) is 2. The van der Waals surface area contributed by atoms with Crippen LogP contribution in [0.3, 0.4) is 0 Å². The third kappa shape index (κ3) is 4.67. The average molecular weight is 377 g/mol. The second-order valence-electron chi connectivity index (χ2n) is 5.65. The van der Waals surface area contributed by atoms with E-state index in [-0.39, 0.29) is 11.8 Å². The van der Waals surface area contributed by atoms with E-state index < -0.39 is 6.10 Å². The number of aryl methyl sites for hydroxylation is 1. The Morgan fingerprint density at radius 2 is 1.88 bits per heavy atom. The van der Waals surface area contributed by atoms with Crippen molar-refractivity contribution in [2.24, 2.45) is 0 Å². The number of hydrogen-bond acceptors (Lipinski definition) is 4. The molecule has 2 aromatic carbocycles. The number of carbonyl (C=O) groups excluding carboxylic acids is 2. The first-order chi connectivity index (χ1) is 12.3. The molecule has 0 aromatic heterocycles. The second kappa shape index (κ2) is 8.58. The van der Waals surface area contributed by atoms with Gasteiger partial charge in [-0.25, -0.2) is 0 Å². The lowest BCUT2D eigenvalue weighted by atomic mass is 10.1. The highest BCUT2D eigenvalue weighted by molar-refractivity contribution is 6.31. The molecule has 7 heteroatoms. The Labute approximate surface area is 157 Å². The van der Waals surface area contributed by atoms with Gasteiger partial charge in [0.1, 0.15) is 11.5 Å². The summed E-state index contributed by atoms with van der Waals surface area (Å²) < 4.78 is 10.9. The number of amides is 2. The summed E-state index contributed by atoms with van der Waals surface area (Å²) >= 11 is 5.99. The predicted octanol–water partition coefficient (Wildman–Crippen LogP) is 3.42. The summed E-state index contributed by atoms with van der Waals surface area (Å²) in [6.07, 6.45) is -0.760. The molecule has 0 saturated heterocycles. The number of anilines is 1. The largest absolute Gasteiger partial charge is 0.495 e. The summed E-state index contributed by atoms with van der Waals surface area (Å²) in [4.78, 5) is 24.3. The molecular formula is C19H21ClN2O4. The number of benzene rings is 2. The van der Waals surface area contributed by atoms with Gasteiger partial charge in [0.2, 0.25) is 0 Å². The van der Waals surface area contributed by atoms with Crippen molar-refractivity contribution in [3.8, 4) is 11.5 Å². The van der Waals surface area contributed by atoms with Gasteiger partial charge in [-0.15, -0.1) is 0 Å². The smallest absolute Gasteiger partial charge is 0.265 e. The first-order valence-electron chi connectivity index (χ1n) is 7.99. The zero-order chi connectivity index (χ0) is 19.3. The van der Waals surface area contributed by atoms with E-state index in [0.29, 0.717) is 27.8 Å². The van der Waals surface area contributed by atoms with Gasteiger partial charge in [0, 0.05) is 17.6 Å². The molecule has 0 aliphatic rings. The van der Waals surface area contributed by atoms with Crippen LogP contribution in [0.2, 0.25) is 5.02 Å². The fourth-order valence-corrected chi connectivity index (χ4v) is 2.39. The van der Waals surface area contributed by atoms with Gasteiger partial charge in [0.05, 0.1) is 12.8 Å². The van der Waals surface area contributed by atoms with Crippen molar-refractivity contribution in [1.82, 2.24) is 5.32 Å². The molecule has 6 nitrogen and oxygen atoms in total. The van der Waals surface area contributed by atoms with Gasteiger partial charge in [-0.05, 0) is 55.8 Å². The molecule has 0 spiro atoms. The van der Waals surface area contributed by atoms with Gasteiger partial charge >= 0.3 is 0 Å². The highest BCUT2D eigenvalue weighted by atomic mass is 35.5. The van der Waals surface area contributed by atoms with E-state index in [1.807, 2.05) is 6.92 Å². The number of halogens is 1. The van der Waals surface area contributed by atoms with Crippen molar-refractivity contribution in [3.63, 3.8) is 0 Å². The highest BCUT2D eigenvalue weighted by Gasteiger charge is 2.18. The minimum atomic E-state index is -0.760. The van der Waals surface area contributed by atoms with E-state index in [1.165, 1.54) is 14.2 Å². The Kier molecular flexibility index (Phi) is 6.46. The Bertz CT molecular complexity index is 823. The first-order valence-corrected chi connectivity index (χ1v) is 8.37. The first kappa shape index (κ1) is 19.6. The predicted molar refractivity (Wildman–Crippen MR) is 101 cm³/mol. The maximum Gasteiger partial charge on any atom is 0.265 e. The maximum atomic E-state index is 12.5. The third-order valence-corrected chi connectivity index (χ3v) is 4.18. The summed E-state index contributed by atoms with van der Waals surface area (Å²) in [6, 6.07) is 9.96. The highest BCUT2D eigenvalue weighted by Crippen LogP contribution is 2.26. The summed E-state index contributed by atoms with van der Waals surface area (Å²) in [5.41, 5.74) is 1.66. The molecule has 0 bridgehead atoms. The van der Waals surface area contributed by atoms with Crippen molar-refractivity contribution in [1.29, 1.82) is 0 Å². The van der Waals surface area contributed by atoms with E-state index in [9.17, 15) is 9.59 Å². The molecule has 138 valence electrons. The Hall–Kier alpha value is -2.73. The third-order valence-electron chi connectivity index (χ3n) is 3.76. The minimum absolute atomic E-state index is 0.260. The number of hydrogen-bond donors (Lipinski definition) is 2. The molecule has 0 fully saturated rings. The van der Waals surface area contributed by atoms with E-state index in [0.717, 1.165) is 5.56 Å². The molecule has 2 amide bonds. The zero-order valence-electron chi connectivity index (χ0n) is 15.1. The molecule has 2 N–H and O–H groups in total. The number of methoxy groups -OCH3 is 1. The second-order valence-corrected chi connectivity index (χ2v) is 6.06. The van der Waals surface area contributed by atoms with Gasteiger partial charge in [-0.3, -0.25) is 9.59 Å². The van der Waals surface area contributed by atoms with Crippen LogP contribution in [0, 0.1) is 6.92 Å². The lowest BCUT2D eigenvalue weighted by molar-refractivity contribution is -0.122. The van der Waals surface area contributed by atoms with Crippen LogP contribution < -0.4 is 20.1 Å². The van der Waals surface area contributed by atoms with Gasteiger partial charge in [-0.1, -0.05) is 11.6 Å². The van der Waals surface area contributed by atoms with E-state index in [4.69, 9.17) is 21.1 Å². The number of carbonyl (C=O) groups is 2. The topological polar surface area (TPSA) is 76.7 Å². The van der Waals surface area contributed by atoms with Crippen LogP contribution in [0.15, 0.2) is 36.4 Å². The molecule has 0 aliphatic heterocycles. The molecular weight excluding hydrogens is 356 g/mol. The molecule has 2 aromatic rings.